The van der Waals surface area contributed by atoms with Crippen molar-refractivity contribution in [3.8, 4) is 5.88 Å². The van der Waals surface area contributed by atoms with E-state index in [1.54, 1.807) is 13.0 Å². The number of hydrogen-bond donors (Lipinski definition) is 0. The van der Waals surface area contributed by atoms with E-state index in [9.17, 15) is 17.2 Å². The zero-order chi connectivity index (χ0) is 19.6. The minimum atomic E-state index is -3.66. The predicted octanol–water partition coefficient (Wildman–Crippen LogP) is 2.74. The average Bonchev–Trinajstić information content (AvgIpc) is 2.52. The molecule has 0 radical (unpaired) electrons. The van der Waals surface area contributed by atoms with Crippen molar-refractivity contribution in [1.82, 2.24) is 14.3 Å². The van der Waals surface area contributed by atoms with Crippen molar-refractivity contribution in [3.63, 3.8) is 0 Å². The molecule has 1 aliphatic rings. The lowest BCUT2D eigenvalue weighted by molar-refractivity contribution is 0.129. The molecule has 0 unspecified atom stereocenters. The molecule has 1 fully saturated rings. The molecule has 0 amide bonds. The Bertz CT molecular complexity index is 889. The Morgan fingerprint density at radius 1 is 1.07 bits per heavy atom. The molecule has 0 saturated carbocycles. The maximum absolute atomic E-state index is 13.3. The molecule has 1 aromatic carbocycles. The highest BCUT2D eigenvalue weighted by Crippen LogP contribution is 2.22. The fraction of sp³-hybridized carbons (Fsp3) is 0.444. The summed E-state index contributed by atoms with van der Waals surface area (Å²) in [6.07, 6.45) is 0.884. The number of halogens is 2. The maximum atomic E-state index is 13.3. The fourth-order valence-corrected chi connectivity index (χ4v) is 4.68. The molecule has 1 aromatic heterocycles. The fourth-order valence-electron chi connectivity index (χ4n) is 3.14. The molecule has 0 spiro atoms. The number of aromatic nitrogens is 2. The maximum Gasteiger partial charge on any atom is 0.218 e. The van der Waals surface area contributed by atoms with Crippen LogP contribution in [0, 0.1) is 25.5 Å². The summed E-state index contributed by atoms with van der Waals surface area (Å²) >= 11 is 0. The van der Waals surface area contributed by atoms with E-state index in [1.807, 2.05) is 6.92 Å². The van der Waals surface area contributed by atoms with Gasteiger partial charge in [0, 0.05) is 30.9 Å². The number of piperidine rings is 1. The Kier molecular flexibility index (Phi) is 5.71. The molecule has 9 heteroatoms. The largest absolute Gasteiger partial charge is 0.474 e. The molecule has 0 aliphatic carbocycles. The van der Waals surface area contributed by atoms with Crippen molar-refractivity contribution >= 4 is 10.0 Å². The van der Waals surface area contributed by atoms with Crippen LogP contribution in [0.25, 0.3) is 0 Å². The summed E-state index contributed by atoms with van der Waals surface area (Å²) in [5, 5.41) is 0. The first-order chi connectivity index (χ1) is 12.7. The lowest BCUT2D eigenvalue weighted by atomic mass is 10.1. The van der Waals surface area contributed by atoms with E-state index in [0.29, 0.717) is 24.5 Å². The van der Waals surface area contributed by atoms with Crippen molar-refractivity contribution < 1.29 is 21.9 Å². The minimum Gasteiger partial charge on any atom is -0.474 e. The Morgan fingerprint density at radius 3 is 2.30 bits per heavy atom. The van der Waals surface area contributed by atoms with Crippen LogP contribution in [0.15, 0.2) is 24.3 Å². The Morgan fingerprint density at radius 2 is 1.70 bits per heavy atom. The lowest BCUT2D eigenvalue weighted by Gasteiger charge is -2.31. The predicted molar refractivity (Wildman–Crippen MR) is 95.7 cm³/mol. The lowest BCUT2D eigenvalue weighted by Crippen LogP contribution is -2.42. The summed E-state index contributed by atoms with van der Waals surface area (Å²) in [4.78, 5) is 8.42. The topological polar surface area (TPSA) is 72.4 Å². The van der Waals surface area contributed by atoms with Crippen molar-refractivity contribution in [2.45, 2.75) is 38.5 Å². The van der Waals surface area contributed by atoms with Gasteiger partial charge in [0.1, 0.15) is 23.6 Å². The van der Waals surface area contributed by atoms with Crippen LogP contribution in [0.5, 0.6) is 5.88 Å². The van der Waals surface area contributed by atoms with Crippen LogP contribution in [0.4, 0.5) is 8.78 Å². The van der Waals surface area contributed by atoms with E-state index >= 15 is 0 Å². The third-order valence-electron chi connectivity index (χ3n) is 4.30. The molecule has 1 aliphatic heterocycles. The SMILES string of the molecule is Cc1cc(OC2CCN(S(=O)(=O)Cc3cc(F)cc(F)c3)CC2)nc(C)n1. The first-order valence-electron chi connectivity index (χ1n) is 8.63. The summed E-state index contributed by atoms with van der Waals surface area (Å²) in [6, 6.07) is 4.54. The Labute approximate surface area is 157 Å². The van der Waals surface area contributed by atoms with Gasteiger partial charge in [-0.3, -0.25) is 0 Å². The third-order valence-corrected chi connectivity index (χ3v) is 6.15. The number of aryl methyl sites for hydroxylation is 2. The van der Waals surface area contributed by atoms with E-state index in [2.05, 4.69) is 9.97 Å². The van der Waals surface area contributed by atoms with E-state index in [0.717, 1.165) is 23.9 Å². The van der Waals surface area contributed by atoms with Crippen LogP contribution in [0.3, 0.4) is 0 Å². The van der Waals surface area contributed by atoms with Crippen LogP contribution < -0.4 is 4.74 Å². The second-order valence-corrected chi connectivity index (χ2v) is 8.61. The molecule has 0 N–H and O–H groups in total. The van der Waals surface area contributed by atoms with Crippen molar-refractivity contribution in [2.24, 2.45) is 0 Å². The Hall–Kier alpha value is -2.13. The zero-order valence-corrected chi connectivity index (χ0v) is 16.0. The summed E-state index contributed by atoms with van der Waals surface area (Å²) in [5.41, 5.74) is 0.901. The summed E-state index contributed by atoms with van der Waals surface area (Å²) < 4.78 is 58.9. The Balaban J connectivity index is 1.60. The number of hydrogen-bond acceptors (Lipinski definition) is 5. The van der Waals surface area contributed by atoms with E-state index in [-0.39, 0.29) is 24.8 Å². The molecule has 0 atom stereocenters. The van der Waals surface area contributed by atoms with Gasteiger partial charge in [0.2, 0.25) is 15.9 Å². The minimum absolute atomic E-state index is 0.0952. The second-order valence-electron chi connectivity index (χ2n) is 6.64. The molecule has 146 valence electrons. The van der Waals surface area contributed by atoms with Crippen LogP contribution in [0.2, 0.25) is 0 Å². The molecular formula is C18H21F2N3O3S. The first-order valence-corrected chi connectivity index (χ1v) is 10.2. The van der Waals surface area contributed by atoms with Gasteiger partial charge in [-0.25, -0.2) is 26.5 Å². The van der Waals surface area contributed by atoms with Crippen LogP contribution in [0.1, 0.15) is 29.9 Å². The number of ether oxygens (including phenoxy) is 1. The zero-order valence-electron chi connectivity index (χ0n) is 15.2. The van der Waals surface area contributed by atoms with E-state index in [1.165, 1.54) is 4.31 Å². The van der Waals surface area contributed by atoms with Crippen molar-refractivity contribution in [1.29, 1.82) is 0 Å². The van der Waals surface area contributed by atoms with Crippen LogP contribution in [-0.2, 0) is 15.8 Å². The van der Waals surface area contributed by atoms with Gasteiger partial charge in [-0.2, -0.15) is 4.98 Å². The molecule has 2 aromatic rings. The summed E-state index contributed by atoms with van der Waals surface area (Å²) in [5.74, 6) is -0.910. The summed E-state index contributed by atoms with van der Waals surface area (Å²) in [7, 11) is -3.66. The average molecular weight is 397 g/mol. The van der Waals surface area contributed by atoms with Gasteiger partial charge in [-0.1, -0.05) is 0 Å². The molecule has 1 saturated heterocycles. The van der Waals surface area contributed by atoms with Crippen molar-refractivity contribution in [2.75, 3.05) is 13.1 Å². The highest BCUT2D eigenvalue weighted by molar-refractivity contribution is 7.88. The van der Waals surface area contributed by atoms with E-state index < -0.39 is 27.4 Å². The quantitative estimate of drug-likeness (QED) is 0.776. The van der Waals surface area contributed by atoms with Crippen LogP contribution >= 0.6 is 0 Å². The van der Waals surface area contributed by atoms with Gasteiger partial charge >= 0.3 is 0 Å². The van der Waals surface area contributed by atoms with E-state index in [4.69, 9.17) is 4.74 Å². The van der Waals surface area contributed by atoms with Crippen LogP contribution in [-0.4, -0.2) is 41.9 Å². The molecule has 2 heterocycles. The normalized spacial score (nSPS) is 16.4. The van der Waals surface area contributed by atoms with Gasteiger partial charge in [0.05, 0.1) is 5.75 Å². The van der Waals surface area contributed by atoms with Gasteiger partial charge in [0.15, 0.2) is 0 Å². The number of rotatable bonds is 5. The van der Waals surface area contributed by atoms with Gasteiger partial charge in [-0.15, -0.1) is 0 Å². The monoisotopic (exact) mass is 397 g/mol. The summed E-state index contributed by atoms with van der Waals surface area (Å²) in [6.45, 7) is 4.21. The highest BCUT2D eigenvalue weighted by Gasteiger charge is 2.29. The van der Waals surface area contributed by atoms with Crippen molar-refractivity contribution in [3.05, 3.63) is 53.0 Å². The number of nitrogens with zero attached hydrogens (tertiary/aromatic N) is 3. The smallest absolute Gasteiger partial charge is 0.218 e. The molecule has 0 bridgehead atoms. The van der Waals surface area contributed by atoms with Gasteiger partial charge in [-0.05, 0) is 44.4 Å². The molecule has 27 heavy (non-hydrogen) atoms. The molecular weight excluding hydrogens is 376 g/mol. The number of benzene rings is 1. The standard InChI is InChI=1S/C18H21F2N3O3S/c1-12-7-18(22-13(2)21-12)26-17-3-5-23(6-4-17)27(24,25)11-14-8-15(19)10-16(20)9-14/h7-10,17H,3-6,11H2,1-2H3. The number of sulfonamides is 1. The molecule has 3 rings (SSSR count). The van der Waals surface area contributed by atoms with Gasteiger partial charge < -0.3 is 4.74 Å². The molecule has 6 nitrogen and oxygen atoms in total. The van der Waals surface area contributed by atoms with Gasteiger partial charge in [0.25, 0.3) is 0 Å². The first kappa shape index (κ1) is 19.6. The highest BCUT2D eigenvalue weighted by atomic mass is 32.2. The second kappa shape index (κ2) is 7.85. The third kappa shape index (κ3) is 5.20.